The molecule has 1 aromatic rings. The van der Waals surface area contributed by atoms with Crippen LogP contribution in [-0.2, 0) is 17.9 Å². The maximum absolute atomic E-state index is 10.9. The van der Waals surface area contributed by atoms with E-state index >= 15 is 0 Å². The summed E-state index contributed by atoms with van der Waals surface area (Å²) in [4.78, 5) is 13.0. The maximum Gasteiger partial charge on any atom is 0.231 e. The quantitative estimate of drug-likeness (QED) is 0.780. The molecule has 0 spiro atoms. The number of carbonyl (C=O) groups excluding carboxylic acids is 1. The first kappa shape index (κ1) is 15.1. The van der Waals surface area contributed by atoms with Crippen molar-refractivity contribution < 1.29 is 4.79 Å². The lowest BCUT2D eigenvalue weighted by Crippen LogP contribution is -2.45. The van der Waals surface area contributed by atoms with Crippen LogP contribution in [-0.4, -0.2) is 41.1 Å². The average molecular weight is 278 g/mol. The minimum atomic E-state index is -0.228. The van der Waals surface area contributed by atoms with Gasteiger partial charge < -0.3 is 15.6 Å². The molecule has 0 atom stereocenters. The fourth-order valence-corrected chi connectivity index (χ4v) is 2.77. The molecule has 5 nitrogen and oxygen atoms in total. The number of hydrogen-bond acceptors (Lipinski definition) is 3. The third kappa shape index (κ3) is 4.65. The van der Waals surface area contributed by atoms with E-state index in [0.717, 1.165) is 39.0 Å². The van der Waals surface area contributed by atoms with Crippen LogP contribution in [0.5, 0.6) is 0 Å². The second kappa shape index (κ2) is 7.45. The number of aromatic nitrogens is 1. The summed E-state index contributed by atoms with van der Waals surface area (Å²) in [5.74, 6) is -0.228. The average Bonchev–Trinajstić information content (AvgIpc) is 2.86. The van der Waals surface area contributed by atoms with Crippen LogP contribution >= 0.6 is 0 Å². The van der Waals surface area contributed by atoms with Crippen LogP contribution in [0.3, 0.4) is 0 Å². The van der Waals surface area contributed by atoms with E-state index in [1.165, 1.54) is 12.0 Å². The molecule has 112 valence electrons. The molecule has 3 N–H and O–H groups in total. The lowest BCUT2D eigenvalue weighted by Gasteiger charge is -2.31. The van der Waals surface area contributed by atoms with Gasteiger partial charge in [0.1, 0.15) is 0 Å². The smallest absolute Gasteiger partial charge is 0.231 e. The monoisotopic (exact) mass is 278 g/mol. The van der Waals surface area contributed by atoms with Crippen LogP contribution in [0.15, 0.2) is 18.5 Å². The minimum Gasteiger partial charge on any atom is -0.369 e. The maximum atomic E-state index is 10.9. The van der Waals surface area contributed by atoms with Crippen molar-refractivity contribution >= 4 is 5.91 Å². The second-order valence-corrected chi connectivity index (χ2v) is 5.66. The van der Waals surface area contributed by atoms with Gasteiger partial charge in [-0.2, -0.15) is 0 Å². The number of piperidine rings is 1. The molecule has 1 amide bonds. The van der Waals surface area contributed by atoms with Gasteiger partial charge in [0.2, 0.25) is 5.91 Å². The highest BCUT2D eigenvalue weighted by atomic mass is 16.1. The van der Waals surface area contributed by atoms with Gasteiger partial charge in [-0.1, -0.05) is 6.92 Å². The zero-order chi connectivity index (χ0) is 14.4. The Morgan fingerprint density at radius 1 is 1.45 bits per heavy atom. The van der Waals surface area contributed by atoms with E-state index in [1.807, 2.05) is 0 Å². The van der Waals surface area contributed by atoms with Gasteiger partial charge in [-0.15, -0.1) is 0 Å². The zero-order valence-corrected chi connectivity index (χ0v) is 12.3. The molecule has 1 aromatic heterocycles. The van der Waals surface area contributed by atoms with E-state index in [9.17, 15) is 4.79 Å². The summed E-state index contributed by atoms with van der Waals surface area (Å²) in [6.07, 6.45) is 7.71. The van der Waals surface area contributed by atoms with Crippen molar-refractivity contribution in [3.8, 4) is 0 Å². The Labute approximate surface area is 121 Å². The van der Waals surface area contributed by atoms with E-state index in [-0.39, 0.29) is 5.91 Å². The first-order chi connectivity index (χ1) is 9.67. The summed E-state index contributed by atoms with van der Waals surface area (Å²) in [6.45, 7) is 6.52. The molecule has 0 radical (unpaired) electrons. The molecule has 1 saturated heterocycles. The summed E-state index contributed by atoms with van der Waals surface area (Å²) < 4.78 is 2.24. The highest BCUT2D eigenvalue weighted by Gasteiger charge is 2.19. The number of aryl methyl sites for hydroxylation is 1. The lowest BCUT2D eigenvalue weighted by atomic mass is 10.0. The van der Waals surface area contributed by atoms with E-state index in [0.29, 0.717) is 12.6 Å². The van der Waals surface area contributed by atoms with E-state index < -0.39 is 0 Å². The molecule has 0 aliphatic carbocycles. The summed E-state index contributed by atoms with van der Waals surface area (Å²) >= 11 is 0. The molecule has 20 heavy (non-hydrogen) atoms. The van der Waals surface area contributed by atoms with Crippen LogP contribution in [0.25, 0.3) is 0 Å². The topological polar surface area (TPSA) is 63.3 Å². The van der Waals surface area contributed by atoms with Gasteiger partial charge in [-0.25, -0.2) is 0 Å². The van der Waals surface area contributed by atoms with Gasteiger partial charge >= 0.3 is 0 Å². The fraction of sp³-hybridized carbons (Fsp3) is 0.667. The summed E-state index contributed by atoms with van der Waals surface area (Å²) in [5, 5.41) is 3.61. The van der Waals surface area contributed by atoms with Crippen LogP contribution in [0.1, 0.15) is 31.7 Å². The molecule has 0 bridgehead atoms. The Hall–Kier alpha value is -1.33. The molecule has 1 aliphatic rings. The van der Waals surface area contributed by atoms with Crippen LogP contribution in [0, 0.1) is 0 Å². The van der Waals surface area contributed by atoms with Crippen molar-refractivity contribution in [3.63, 3.8) is 0 Å². The molecule has 2 heterocycles. The number of rotatable bonds is 7. The highest BCUT2D eigenvalue weighted by molar-refractivity contribution is 5.75. The van der Waals surface area contributed by atoms with Gasteiger partial charge in [0.25, 0.3) is 0 Å². The Bertz CT molecular complexity index is 421. The van der Waals surface area contributed by atoms with Gasteiger partial charge in [0.15, 0.2) is 0 Å². The van der Waals surface area contributed by atoms with E-state index in [1.54, 1.807) is 0 Å². The number of primary amides is 1. The number of nitrogens with zero attached hydrogens (tertiary/aromatic N) is 2. The molecule has 0 saturated carbocycles. The number of nitrogens with one attached hydrogen (secondary N) is 1. The molecule has 1 aliphatic heterocycles. The van der Waals surface area contributed by atoms with E-state index in [4.69, 9.17) is 5.73 Å². The lowest BCUT2D eigenvalue weighted by molar-refractivity contribution is -0.119. The summed E-state index contributed by atoms with van der Waals surface area (Å²) in [6, 6.07) is 2.74. The van der Waals surface area contributed by atoms with Crippen LogP contribution < -0.4 is 11.1 Å². The largest absolute Gasteiger partial charge is 0.369 e. The third-order valence-electron chi connectivity index (χ3n) is 3.86. The zero-order valence-electron chi connectivity index (χ0n) is 12.3. The van der Waals surface area contributed by atoms with Crippen molar-refractivity contribution in [1.82, 2.24) is 14.8 Å². The SMILES string of the molecule is CCCn1ccc(CNC2CCN(CC(N)=O)CC2)c1. The fourth-order valence-electron chi connectivity index (χ4n) is 2.77. The predicted molar refractivity (Wildman–Crippen MR) is 80.2 cm³/mol. The molecular weight excluding hydrogens is 252 g/mol. The van der Waals surface area contributed by atoms with Gasteiger partial charge in [-0.05, 0) is 30.9 Å². The van der Waals surface area contributed by atoms with Crippen molar-refractivity contribution in [2.45, 2.75) is 45.3 Å². The standard InChI is InChI=1S/C15H26N4O/c1-2-6-18-7-3-13(11-18)10-17-14-4-8-19(9-5-14)12-15(16)20/h3,7,11,14,17H,2,4-6,8-10,12H2,1H3,(H2,16,20). The second-order valence-electron chi connectivity index (χ2n) is 5.66. The van der Waals surface area contributed by atoms with E-state index in [2.05, 4.69) is 40.2 Å². The first-order valence-corrected chi connectivity index (χ1v) is 7.56. The Morgan fingerprint density at radius 2 is 2.20 bits per heavy atom. The molecule has 2 rings (SSSR count). The minimum absolute atomic E-state index is 0.228. The van der Waals surface area contributed by atoms with Crippen molar-refractivity contribution in [3.05, 3.63) is 24.0 Å². The third-order valence-corrected chi connectivity index (χ3v) is 3.86. The number of amides is 1. The van der Waals surface area contributed by atoms with Crippen molar-refractivity contribution in [2.24, 2.45) is 5.73 Å². The van der Waals surface area contributed by atoms with Crippen molar-refractivity contribution in [1.29, 1.82) is 0 Å². The predicted octanol–water partition coefficient (Wildman–Crippen LogP) is 0.937. The Kier molecular flexibility index (Phi) is 5.61. The highest BCUT2D eigenvalue weighted by Crippen LogP contribution is 2.11. The number of nitrogens with two attached hydrogens (primary N) is 1. The molecular formula is C15H26N4O. The molecule has 0 aromatic carbocycles. The molecule has 1 fully saturated rings. The van der Waals surface area contributed by atoms with Crippen LogP contribution in [0.4, 0.5) is 0 Å². The summed E-state index contributed by atoms with van der Waals surface area (Å²) in [7, 11) is 0. The number of likely N-dealkylation sites (tertiary alicyclic amines) is 1. The first-order valence-electron chi connectivity index (χ1n) is 7.56. The molecule has 0 unspecified atom stereocenters. The summed E-state index contributed by atoms with van der Waals surface area (Å²) in [5.41, 5.74) is 6.57. The normalized spacial score (nSPS) is 17.4. The van der Waals surface area contributed by atoms with Crippen molar-refractivity contribution in [2.75, 3.05) is 19.6 Å². The van der Waals surface area contributed by atoms with Gasteiger partial charge in [0, 0.05) is 44.6 Å². The Balaban J connectivity index is 1.68. The van der Waals surface area contributed by atoms with Gasteiger partial charge in [0.05, 0.1) is 6.54 Å². The Morgan fingerprint density at radius 3 is 2.85 bits per heavy atom. The molecule has 5 heteroatoms. The van der Waals surface area contributed by atoms with Crippen LogP contribution in [0.2, 0.25) is 0 Å². The number of hydrogen-bond donors (Lipinski definition) is 2. The number of carbonyl (C=O) groups is 1. The van der Waals surface area contributed by atoms with Gasteiger partial charge in [-0.3, -0.25) is 9.69 Å².